The molecule has 0 amide bonds. The van der Waals surface area contributed by atoms with Gasteiger partial charge in [-0.05, 0) is 51.9 Å². The Morgan fingerprint density at radius 1 is 1.47 bits per heavy atom. The molecule has 1 aliphatic heterocycles. The van der Waals surface area contributed by atoms with Crippen molar-refractivity contribution in [3.05, 3.63) is 17.5 Å². The molecule has 1 aromatic heterocycles. The molecule has 2 rings (SSSR count). The Bertz CT molecular complexity index is 352. The lowest BCUT2D eigenvalue weighted by Gasteiger charge is -2.27. The molecule has 1 aromatic rings. The molecule has 4 nitrogen and oxygen atoms in total. The third-order valence-corrected chi connectivity index (χ3v) is 3.56. The maximum Gasteiger partial charge on any atom is 0.0597 e. The molecular formula is C13H24N4. The SMILES string of the molecule is Cc1cc(CN(C)CC2CCNCC2)n(C)n1. The standard InChI is InChI=1S/C13H24N4/c1-11-8-13(17(3)15-11)10-16(2)9-12-4-6-14-7-5-12/h8,12,14H,4-7,9-10H2,1-3H3. The van der Waals surface area contributed by atoms with Gasteiger partial charge in [0.25, 0.3) is 0 Å². The first-order valence-corrected chi connectivity index (χ1v) is 6.54. The smallest absolute Gasteiger partial charge is 0.0597 e. The lowest BCUT2D eigenvalue weighted by molar-refractivity contribution is 0.230. The Morgan fingerprint density at radius 3 is 2.76 bits per heavy atom. The molecule has 0 aromatic carbocycles. The van der Waals surface area contributed by atoms with Crippen molar-refractivity contribution in [2.45, 2.75) is 26.3 Å². The lowest BCUT2D eigenvalue weighted by atomic mass is 9.98. The summed E-state index contributed by atoms with van der Waals surface area (Å²) in [7, 11) is 4.24. The number of nitrogens with one attached hydrogen (secondary N) is 1. The quantitative estimate of drug-likeness (QED) is 0.851. The highest BCUT2D eigenvalue weighted by molar-refractivity contribution is 5.08. The van der Waals surface area contributed by atoms with Crippen molar-refractivity contribution >= 4 is 0 Å². The minimum atomic E-state index is 0.857. The van der Waals surface area contributed by atoms with Crippen molar-refractivity contribution in [2.75, 3.05) is 26.7 Å². The van der Waals surface area contributed by atoms with Crippen molar-refractivity contribution in [3.63, 3.8) is 0 Å². The fourth-order valence-electron chi connectivity index (χ4n) is 2.66. The van der Waals surface area contributed by atoms with Crippen LogP contribution < -0.4 is 5.32 Å². The largest absolute Gasteiger partial charge is 0.317 e. The maximum absolute atomic E-state index is 4.39. The molecule has 0 unspecified atom stereocenters. The van der Waals surface area contributed by atoms with E-state index in [0.717, 1.165) is 18.2 Å². The molecule has 1 saturated heterocycles. The van der Waals surface area contributed by atoms with Crippen molar-refractivity contribution in [1.29, 1.82) is 0 Å². The fraction of sp³-hybridized carbons (Fsp3) is 0.769. The highest BCUT2D eigenvalue weighted by Crippen LogP contribution is 2.14. The summed E-state index contributed by atoms with van der Waals surface area (Å²) in [5.41, 5.74) is 2.41. The Labute approximate surface area is 104 Å². The molecule has 17 heavy (non-hydrogen) atoms. The van der Waals surface area contributed by atoms with Gasteiger partial charge in [0.05, 0.1) is 11.4 Å². The van der Waals surface area contributed by atoms with Crippen molar-refractivity contribution in [3.8, 4) is 0 Å². The van der Waals surface area contributed by atoms with E-state index >= 15 is 0 Å². The molecule has 4 heteroatoms. The summed E-state index contributed by atoms with van der Waals surface area (Å²) in [4.78, 5) is 2.42. The van der Waals surface area contributed by atoms with Gasteiger partial charge >= 0.3 is 0 Å². The summed E-state index contributed by atoms with van der Waals surface area (Å²) in [6.07, 6.45) is 2.63. The zero-order valence-electron chi connectivity index (χ0n) is 11.2. The van der Waals surface area contributed by atoms with Crippen LogP contribution in [-0.4, -0.2) is 41.4 Å². The molecule has 0 spiro atoms. The van der Waals surface area contributed by atoms with Crippen LogP contribution in [-0.2, 0) is 13.6 Å². The Hall–Kier alpha value is -0.870. The summed E-state index contributed by atoms with van der Waals surface area (Å²) in [6.45, 7) is 6.62. The van der Waals surface area contributed by atoms with Gasteiger partial charge in [0, 0.05) is 20.1 Å². The molecule has 0 bridgehead atoms. The van der Waals surface area contributed by atoms with Crippen LogP contribution in [0.4, 0.5) is 0 Å². The van der Waals surface area contributed by atoms with Crippen LogP contribution in [0.3, 0.4) is 0 Å². The van der Waals surface area contributed by atoms with Crippen molar-refractivity contribution in [2.24, 2.45) is 13.0 Å². The van der Waals surface area contributed by atoms with Gasteiger partial charge in [0.2, 0.25) is 0 Å². The second-order valence-electron chi connectivity index (χ2n) is 5.29. The van der Waals surface area contributed by atoms with Gasteiger partial charge in [-0.15, -0.1) is 0 Å². The molecule has 0 saturated carbocycles. The predicted molar refractivity (Wildman–Crippen MR) is 69.9 cm³/mol. The van der Waals surface area contributed by atoms with E-state index in [2.05, 4.69) is 35.4 Å². The van der Waals surface area contributed by atoms with Gasteiger partial charge < -0.3 is 10.2 Å². The van der Waals surface area contributed by atoms with Gasteiger partial charge in [0.1, 0.15) is 0 Å². The molecule has 0 aliphatic carbocycles. The van der Waals surface area contributed by atoms with Crippen LogP contribution in [0.2, 0.25) is 0 Å². The lowest BCUT2D eigenvalue weighted by Crippen LogP contribution is -2.34. The first-order valence-electron chi connectivity index (χ1n) is 6.54. The van der Waals surface area contributed by atoms with Gasteiger partial charge in [-0.3, -0.25) is 4.68 Å². The van der Waals surface area contributed by atoms with Gasteiger partial charge in [-0.2, -0.15) is 5.10 Å². The maximum atomic E-state index is 4.39. The van der Waals surface area contributed by atoms with E-state index in [4.69, 9.17) is 0 Å². The summed E-state index contributed by atoms with van der Waals surface area (Å²) < 4.78 is 1.99. The monoisotopic (exact) mass is 236 g/mol. The van der Waals surface area contributed by atoms with Crippen LogP contribution in [0.15, 0.2) is 6.07 Å². The van der Waals surface area contributed by atoms with Crippen molar-refractivity contribution < 1.29 is 0 Å². The van der Waals surface area contributed by atoms with E-state index < -0.39 is 0 Å². The number of aromatic nitrogens is 2. The third kappa shape index (κ3) is 3.54. The molecule has 1 aliphatic rings. The Kier molecular flexibility index (Phi) is 4.18. The Morgan fingerprint density at radius 2 is 2.18 bits per heavy atom. The highest BCUT2D eigenvalue weighted by atomic mass is 15.3. The molecule has 0 radical (unpaired) electrons. The summed E-state index contributed by atoms with van der Waals surface area (Å²) >= 11 is 0. The van der Waals surface area contributed by atoms with E-state index in [1.165, 1.54) is 38.2 Å². The third-order valence-electron chi connectivity index (χ3n) is 3.56. The van der Waals surface area contributed by atoms with Crippen LogP contribution in [0.25, 0.3) is 0 Å². The van der Waals surface area contributed by atoms with Gasteiger partial charge in [0.15, 0.2) is 0 Å². The number of hydrogen-bond acceptors (Lipinski definition) is 3. The fourth-order valence-corrected chi connectivity index (χ4v) is 2.66. The average molecular weight is 236 g/mol. The second-order valence-corrected chi connectivity index (χ2v) is 5.29. The first kappa shape index (κ1) is 12.6. The number of piperidine rings is 1. The zero-order valence-corrected chi connectivity index (χ0v) is 11.2. The van der Waals surface area contributed by atoms with Gasteiger partial charge in [-0.25, -0.2) is 0 Å². The van der Waals surface area contributed by atoms with E-state index in [0.29, 0.717) is 0 Å². The number of hydrogen-bond donors (Lipinski definition) is 1. The first-order chi connectivity index (χ1) is 8.15. The molecule has 1 N–H and O–H groups in total. The molecule has 0 atom stereocenters. The summed E-state index contributed by atoms with van der Waals surface area (Å²) in [5.74, 6) is 0.857. The normalized spacial score (nSPS) is 17.9. The molecule has 1 fully saturated rings. The van der Waals surface area contributed by atoms with E-state index in [9.17, 15) is 0 Å². The average Bonchev–Trinajstić information content (AvgIpc) is 2.58. The van der Waals surface area contributed by atoms with E-state index in [1.54, 1.807) is 0 Å². The molecular weight excluding hydrogens is 212 g/mol. The molecule has 2 heterocycles. The highest BCUT2D eigenvalue weighted by Gasteiger charge is 2.15. The minimum Gasteiger partial charge on any atom is -0.317 e. The molecule has 96 valence electrons. The van der Waals surface area contributed by atoms with Crippen LogP contribution in [0.5, 0.6) is 0 Å². The van der Waals surface area contributed by atoms with Gasteiger partial charge in [-0.1, -0.05) is 0 Å². The number of aryl methyl sites for hydroxylation is 2. The van der Waals surface area contributed by atoms with E-state index in [-0.39, 0.29) is 0 Å². The zero-order chi connectivity index (χ0) is 12.3. The van der Waals surface area contributed by atoms with Crippen LogP contribution >= 0.6 is 0 Å². The van der Waals surface area contributed by atoms with Crippen molar-refractivity contribution in [1.82, 2.24) is 20.0 Å². The topological polar surface area (TPSA) is 33.1 Å². The number of nitrogens with zero attached hydrogens (tertiary/aromatic N) is 3. The van der Waals surface area contributed by atoms with E-state index in [1.807, 2.05) is 11.7 Å². The Balaban J connectivity index is 1.83. The predicted octanol–water partition coefficient (Wildman–Crippen LogP) is 1.16. The second kappa shape index (κ2) is 5.65. The summed E-state index contributed by atoms with van der Waals surface area (Å²) in [5, 5.41) is 7.81. The van der Waals surface area contributed by atoms with Crippen LogP contribution in [0.1, 0.15) is 24.2 Å². The van der Waals surface area contributed by atoms with Crippen LogP contribution in [0, 0.1) is 12.8 Å². The minimum absolute atomic E-state index is 0.857. The summed E-state index contributed by atoms with van der Waals surface area (Å²) in [6, 6.07) is 2.18. The number of rotatable bonds is 4.